The van der Waals surface area contributed by atoms with Crippen molar-refractivity contribution in [2.24, 2.45) is 0 Å². The Bertz CT molecular complexity index is 1000. The lowest BCUT2D eigenvalue weighted by Gasteiger charge is -2.21. The summed E-state index contributed by atoms with van der Waals surface area (Å²) in [4.78, 5) is 12.9. The molecule has 0 aromatic heterocycles. The first-order valence-electron chi connectivity index (χ1n) is 9.42. The second-order valence-corrected chi connectivity index (χ2v) is 7.17. The van der Waals surface area contributed by atoms with Crippen LogP contribution in [0.4, 0.5) is 0 Å². The molecule has 5 rings (SSSR count). The number of carbonyl (C=O) groups excluding carboxylic acids is 1. The van der Waals surface area contributed by atoms with Crippen LogP contribution in [-0.4, -0.2) is 12.6 Å². The SMILES string of the molecule is O=C(OCC1c2ccccc2-c2ccccc21)C1C=CCc2ccccc21. The lowest BCUT2D eigenvalue weighted by Crippen LogP contribution is -2.20. The Morgan fingerprint density at radius 3 is 2.11 bits per heavy atom. The predicted molar refractivity (Wildman–Crippen MR) is 107 cm³/mol. The summed E-state index contributed by atoms with van der Waals surface area (Å²) in [7, 11) is 0. The molecule has 1 unspecified atom stereocenters. The molecule has 2 aliphatic rings. The number of hydrogen-bond donors (Lipinski definition) is 0. The van der Waals surface area contributed by atoms with Crippen molar-refractivity contribution >= 4 is 5.97 Å². The van der Waals surface area contributed by atoms with Gasteiger partial charge < -0.3 is 4.74 Å². The van der Waals surface area contributed by atoms with Crippen molar-refractivity contribution in [2.45, 2.75) is 18.3 Å². The van der Waals surface area contributed by atoms with Gasteiger partial charge in [0.2, 0.25) is 0 Å². The topological polar surface area (TPSA) is 26.3 Å². The highest BCUT2D eigenvalue weighted by molar-refractivity contribution is 5.82. The van der Waals surface area contributed by atoms with Crippen LogP contribution in [0.5, 0.6) is 0 Å². The first-order chi connectivity index (χ1) is 13.3. The minimum absolute atomic E-state index is 0.101. The molecule has 27 heavy (non-hydrogen) atoms. The number of carbonyl (C=O) groups is 1. The monoisotopic (exact) mass is 352 g/mol. The summed E-state index contributed by atoms with van der Waals surface area (Å²) in [5.41, 5.74) is 7.25. The predicted octanol–water partition coefficient (Wildman–Crippen LogP) is 5.24. The van der Waals surface area contributed by atoms with E-state index in [1.54, 1.807) is 0 Å². The van der Waals surface area contributed by atoms with E-state index < -0.39 is 0 Å². The molecule has 0 bridgehead atoms. The Morgan fingerprint density at radius 2 is 1.41 bits per heavy atom. The van der Waals surface area contributed by atoms with E-state index in [0.29, 0.717) is 6.61 Å². The average molecular weight is 352 g/mol. The van der Waals surface area contributed by atoms with Crippen molar-refractivity contribution in [2.75, 3.05) is 6.61 Å². The highest BCUT2D eigenvalue weighted by Crippen LogP contribution is 2.44. The van der Waals surface area contributed by atoms with E-state index in [0.717, 1.165) is 12.0 Å². The Labute approximate surface area is 159 Å². The first kappa shape index (κ1) is 16.1. The molecule has 0 saturated carbocycles. The first-order valence-corrected chi connectivity index (χ1v) is 9.42. The number of allylic oxidation sites excluding steroid dienone is 1. The number of rotatable bonds is 3. The van der Waals surface area contributed by atoms with Crippen LogP contribution in [0.2, 0.25) is 0 Å². The van der Waals surface area contributed by atoms with Gasteiger partial charge in [-0.3, -0.25) is 4.79 Å². The zero-order valence-electron chi connectivity index (χ0n) is 15.0. The van der Waals surface area contributed by atoms with Gasteiger partial charge in [-0.2, -0.15) is 0 Å². The number of ether oxygens (including phenoxy) is 1. The highest BCUT2D eigenvalue weighted by Gasteiger charge is 2.30. The summed E-state index contributed by atoms with van der Waals surface area (Å²) in [5, 5.41) is 0. The minimum atomic E-state index is -0.304. The molecule has 0 fully saturated rings. The Kier molecular flexibility index (Phi) is 3.90. The third-order valence-electron chi connectivity index (χ3n) is 5.67. The van der Waals surface area contributed by atoms with E-state index >= 15 is 0 Å². The van der Waals surface area contributed by atoms with Gasteiger partial charge >= 0.3 is 5.97 Å². The van der Waals surface area contributed by atoms with Crippen molar-refractivity contribution in [3.05, 3.63) is 107 Å². The minimum Gasteiger partial charge on any atom is -0.464 e. The van der Waals surface area contributed by atoms with Gasteiger partial charge in [0.15, 0.2) is 0 Å². The molecule has 0 N–H and O–H groups in total. The normalized spacial score (nSPS) is 17.1. The molecule has 0 aliphatic heterocycles. The molecular weight excluding hydrogens is 332 g/mol. The fourth-order valence-electron chi connectivity index (χ4n) is 4.36. The van der Waals surface area contributed by atoms with Crippen molar-refractivity contribution in [1.29, 1.82) is 0 Å². The smallest absolute Gasteiger partial charge is 0.317 e. The fourth-order valence-corrected chi connectivity index (χ4v) is 4.36. The van der Waals surface area contributed by atoms with Gasteiger partial charge in [-0.1, -0.05) is 84.9 Å². The number of fused-ring (bicyclic) bond motifs is 4. The van der Waals surface area contributed by atoms with Crippen LogP contribution in [0.25, 0.3) is 11.1 Å². The van der Waals surface area contributed by atoms with Gasteiger partial charge in [-0.05, 0) is 39.8 Å². The van der Waals surface area contributed by atoms with Crippen LogP contribution in [0.3, 0.4) is 0 Å². The van der Waals surface area contributed by atoms with Gasteiger partial charge in [0.05, 0.1) is 0 Å². The van der Waals surface area contributed by atoms with E-state index in [4.69, 9.17) is 4.74 Å². The highest BCUT2D eigenvalue weighted by atomic mass is 16.5. The maximum atomic E-state index is 12.9. The van der Waals surface area contributed by atoms with E-state index in [-0.39, 0.29) is 17.8 Å². The van der Waals surface area contributed by atoms with Crippen molar-refractivity contribution in [1.82, 2.24) is 0 Å². The quantitative estimate of drug-likeness (QED) is 0.476. The molecule has 2 heteroatoms. The third-order valence-corrected chi connectivity index (χ3v) is 5.67. The standard InChI is InChI=1S/C25H20O2/c26-25(23-15-7-9-17-8-1-2-10-18(17)23)27-16-24-21-13-5-3-11-19(21)20-12-4-6-14-22(20)24/h1-8,10-15,23-24H,9,16H2. The van der Waals surface area contributed by atoms with Crippen LogP contribution in [0.15, 0.2) is 84.9 Å². The lowest BCUT2D eigenvalue weighted by molar-refractivity contribution is -0.144. The van der Waals surface area contributed by atoms with Gasteiger partial charge in [-0.25, -0.2) is 0 Å². The Balaban J connectivity index is 1.40. The molecule has 0 radical (unpaired) electrons. The molecule has 3 aromatic carbocycles. The van der Waals surface area contributed by atoms with E-state index in [1.165, 1.54) is 27.8 Å². The van der Waals surface area contributed by atoms with Gasteiger partial charge in [0.25, 0.3) is 0 Å². The molecule has 132 valence electrons. The van der Waals surface area contributed by atoms with E-state index in [2.05, 4.69) is 60.7 Å². The lowest BCUT2D eigenvalue weighted by atomic mass is 9.88. The van der Waals surface area contributed by atoms with Crippen molar-refractivity contribution in [3.63, 3.8) is 0 Å². The average Bonchev–Trinajstić information content (AvgIpc) is 3.05. The molecule has 2 aliphatic carbocycles. The third kappa shape index (κ3) is 2.69. The molecule has 0 heterocycles. The molecule has 2 nitrogen and oxygen atoms in total. The van der Waals surface area contributed by atoms with E-state index in [1.807, 2.05) is 24.3 Å². The summed E-state index contributed by atoms with van der Waals surface area (Å²) in [6, 6.07) is 24.9. The maximum Gasteiger partial charge on any atom is 0.317 e. The molecular formula is C25H20O2. The summed E-state index contributed by atoms with van der Waals surface area (Å²) >= 11 is 0. The molecule has 0 saturated heterocycles. The van der Waals surface area contributed by atoms with Gasteiger partial charge in [-0.15, -0.1) is 0 Å². The Morgan fingerprint density at radius 1 is 0.815 bits per heavy atom. The molecule has 0 amide bonds. The summed E-state index contributed by atoms with van der Waals surface area (Å²) in [6.07, 6.45) is 4.92. The largest absolute Gasteiger partial charge is 0.464 e. The summed E-state index contributed by atoms with van der Waals surface area (Å²) in [6.45, 7) is 0.374. The van der Waals surface area contributed by atoms with Crippen LogP contribution >= 0.6 is 0 Å². The van der Waals surface area contributed by atoms with Gasteiger partial charge in [0, 0.05) is 5.92 Å². The van der Waals surface area contributed by atoms with Gasteiger partial charge in [0.1, 0.15) is 12.5 Å². The number of esters is 1. The molecule has 3 aromatic rings. The zero-order chi connectivity index (χ0) is 18.2. The molecule has 0 spiro atoms. The fraction of sp³-hybridized carbons (Fsp3) is 0.160. The van der Waals surface area contributed by atoms with Crippen LogP contribution in [-0.2, 0) is 16.0 Å². The number of hydrogen-bond acceptors (Lipinski definition) is 2. The van der Waals surface area contributed by atoms with Crippen LogP contribution in [0.1, 0.15) is 34.1 Å². The van der Waals surface area contributed by atoms with Crippen LogP contribution < -0.4 is 0 Å². The van der Waals surface area contributed by atoms with Crippen molar-refractivity contribution < 1.29 is 9.53 Å². The second-order valence-electron chi connectivity index (χ2n) is 7.17. The second kappa shape index (κ2) is 6.55. The molecule has 1 atom stereocenters. The maximum absolute atomic E-state index is 12.9. The van der Waals surface area contributed by atoms with Crippen molar-refractivity contribution in [3.8, 4) is 11.1 Å². The van der Waals surface area contributed by atoms with Crippen LogP contribution in [0, 0.1) is 0 Å². The Hall–Kier alpha value is -3.13. The number of benzene rings is 3. The van der Waals surface area contributed by atoms with E-state index in [9.17, 15) is 4.79 Å². The summed E-state index contributed by atoms with van der Waals surface area (Å²) in [5.74, 6) is -0.369. The summed E-state index contributed by atoms with van der Waals surface area (Å²) < 4.78 is 5.85. The zero-order valence-corrected chi connectivity index (χ0v) is 15.0.